The molecule has 7 nitrogen and oxygen atoms in total. The predicted molar refractivity (Wildman–Crippen MR) is 107 cm³/mol. The average molecular weight is 376 g/mol. The maximum Gasteiger partial charge on any atom is 0.267 e. The number of anilines is 1. The van der Waals surface area contributed by atoms with Gasteiger partial charge in [-0.25, -0.2) is 0 Å². The van der Waals surface area contributed by atoms with Gasteiger partial charge in [-0.2, -0.15) is 0 Å². The van der Waals surface area contributed by atoms with Crippen LogP contribution in [0.2, 0.25) is 0 Å². The van der Waals surface area contributed by atoms with Crippen molar-refractivity contribution in [1.82, 2.24) is 15.2 Å². The normalized spacial score (nSPS) is 13.4. The highest BCUT2D eigenvalue weighted by Gasteiger charge is 2.19. The van der Waals surface area contributed by atoms with Crippen LogP contribution in [0.5, 0.6) is 0 Å². The zero-order chi connectivity index (χ0) is 19.7. The summed E-state index contributed by atoms with van der Waals surface area (Å²) < 4.78 is 1.95. The molecule has 0 aliphatic carbocycles. The van der Waals surface area contributed by atoms with Crippen LogP contribution in [-0.2, 0) is 6.54 Å². The van der Waals surface area contributed by atoms with E-state index in [-0.39, 0.29) is 17.7 Å². The molecule has 0 fully saturated rings. The molecule has 1 aliphatic rings. The van der Waals surface area contributed by atoms with Crippen LogP contribution in [0.4, 0.5) is 5.69 Å². The first-order valence-electron chi connectivity index (χ1n) is 9.12. The van der Waals surface area contributed by atoms with Crippen LogP contribution >= 0.6 is 0 Å². The molecule has 2 aromatic carbocycles. The number of carbonyl (C=O) groups excluding carboxylic acids is 3. The summed E-state index contributed by atoms with van der Waals surface area (Å²) in [6, 6.07) is 14.0. The number of benzene rings is 2. The van der Waals surface area contributed by atoms with Gasteiger partial charge in [0.1, 0.15) is 5.69 Å². The molecule has 2 heterocycles. The molecular formula is C21H20N4O3. The molecule has 0 radical (unpaired) electrons. The van der Waals surface area contributed by atoms with Crippen LogP contribution < -0.4 is 16.0 Å². The number of amides is 3. The third kappa shape index (κ3) is 3.11. The lowest BCUT2D eigenvalue weighted by Gasteiger charge is -2.11. The van der Waals surface area contributed by atoms with Gasteiger partial charge in [-0.1, -0.05) is 18.2 Å². The molecule has 3 aromatic rings. The monoisotopic (exact) mass is 376 g/mol. The van der Waals surface area contributed by atoms with Crippen molar-refractivity contribution in [2.75, 3.05) is 18.9 Å². The fraction of sp³-hybridized carbons (Fsp3) is 0.190. The minimum Gasteiger partial charge on any atom is -0.355 e. The molecule has 28 heavy (non-hydrogen) atoms. The van der Waals surface area contributed by atoms with E-state index in [2.05, 4.69) is 16.0 Å². The summed E-state index contributed by atoms with van der Waals surface area (Å²) in [5, 5.41) is 9.17. The topological polar surface area (TPSA) is 92.2 Å². The number of fused-ring (bicyclic) bond motifs is 3. The molecule has 0 saturated carbocycles. The summed E-state index contributed by atoms with van der Waals surface area (Å²) in [5.41, 5.74) is 2.76. The first-order chi connectivity index (χ1) is 13.6. The third-order valence-electron chi connectivity index (χ3n) is 4.89. The van der Waals surface area contributed by atoms with Gasteiger partial charge in [0.05, 0.1) is 11.3 Å². The van der Waals surface area contributed by atoms with E-state index in [4.69, 9.17) is 0 Å². The molecule has 0 atom stereocenters. The molecule has 3 amide bonds. The van der Waals surface area contributed by atoms with Gasteiger partial charge in [-0.05, 0) is 36.8 Å². The van der Waals surface area contributed by atoms with Gasteiger partial charge in [-0.3, -0.25) is 14.4 Å². The van der Waals surface area contributed by atoms with Crippen molar-refractivity contribution < 1.29 is 14.4 Å². The Morgan fingerprint density at radius 2 is 1.89 bits per heavy atom. The number of nitrogens with one attached hydrogen (secondary N) is 3. The largest absolute Gasteiger partial charge is 0.355 e. The number of aromatic nitrogens is 1. The molecule has 1 aromatic heterocycles. The summed E-state index contributed by atoms with van der Waals surface area (Å²) in [6.45, 7) is 1.35. The summed E-state index contributed by atoms with van der Waals surface area (Å²) in [4.78, 5) is 37.0. The standard InChI is InChI=1S/C21H20N4O3/c1-22-20(27)15-5-2-3-6-16(15)24-19(26)14-8-7-13-11-18-21(28)23-9-4-10-25(18)17(13)12-14/h2-3,5-8,11-12H,4,9-10H2,1H3,(H,22,27)(H,23,28)(H,24,26). The molecule has 7 heteroatoms. The Labute approximate surface area is 161 Å². The highest BCUT2D eigenvalue weighted by molar-refractivity contribution is 6.10. The molecule has 0 saturated heterocycles. The maximum absolute atomic E-state index is 12.8. The van der Waals surface area contributed by atoms with Crippen molar-refractivity contribution in [3.63, 3.8) is 0 Å². The first kappa shape index (κ1) is 17.8. The number of aryl methyl sites for hydroxylation is 1. The number of para-hydroxylation sites is 1. The summed E-state index contributed by atoms with van der Waals surface area (Å²) in [7, 11) is 1.54. The Balaban J connectivity index is 1.68. The van der Waals surface area contributed by atoms with Gasteiger partial charge in [0, 0.05) is 36.6 Å². The van der Waals surface area contributed by atoms with Crippen molar-refractivity contribution in [2.45, 2.75) is 13.0 Å². The zero-order valence-electron chi connectivity index (χ0n) is 15.4. The average Bonchev–Trinajstić information content (AvgIpc) is 2.98. The van der Waals surface area contributed by atoms with Crippen LogP contribution in [-0.4, -0.2) is 35.9 Å². The fourth-order valence-corrected chi connectivity index (χ4v) is 3.47. The minimum absolute atomic E-state index is 0.0980. The Morgan fingerprint density at radius 1 is 1.07 bits per heavy atom. The molecule has 0 bridgehead atoms. The Bertz CT molecular complexity index is 1100. The van der Waals surface area contributed by atoms with Gasteiger partial charge < -0.3 is 20.5 Å². The minimum atomic E-state index is -0.313. The van der Waals surface area contributed by atoms with Gasteiger partial charge >= 0.3 is 0 Å². The summed E-state index contributed by atoms with van der Waals surface area (Å²) in [5.74, 6) is -0.680. The molecule has 1 aliphatic heterocycles. The maximum atomic E-state index is 12.8. The second kappa shape index (κ2) is 7.19. The van der Waals surface area contributed by atoms with Crippen molar-refractivity contribution >= 4 is 34.3 Å². The van der Waals surface area contributed by atoms with Crippen molar-refractivity contribution in [2.24, 2.45) is 0 Å². The van der Waals surface area contributed by atoms with Crippen LogP contribution in [0, 0.1) is 0 Å². The van der Waals surface area contributed by atoms with E-state index >= 15 is 0 Å². The van der Waals surface area contributed by atoms with Gasteiger partial charge in [0.25, 0.3) is 17.7 Å². The van der Waals surface area contributed by atoms with Crippen LogP contribution in [0.15, 0.2) is 48.5 Å². The Kier molecular flexibility index (Phi) is 4.57. The second-order valence-corrected chi connectivity index (χ2v) is 6.64. The van der Waals surface area contributed by atoms with Crippen molar-refractivity contribution in [3.8, 4) is 0 Å². The smallest absolute Gasteiger partial charge is 0.267 e. The van der Waals surface area contributed by atoms with Crippen LogP contribution in [0.25, 0.3) is 10.9 Å². The molecule has 3 N–H and O–H groups in total. The van der Waals surface area contributed by atoms with Crippen LogP contribution in [0.3, 0.4) is 0 Å². The number of nitrogens with zero attached hydrogens (tertiary/aromatic N) is 1. The third-order valence-corrected chi connectivity index (χ3v) is 4.89. The van der Waals surface area contributed by atoms with E-state index in [0.717, 1.165) is 17.3 Å². The molecule has 0 spiro atoms. The van der Waals surface area contributed by atoms with E-state index in [0.29, 0.717) is 35.6 Å². The van der Waals surface area contributed by atoms with Gasteiger partial charge in [0.15, 0.2) is 0 Å². The molecule has 0 unspecified atom stereocenters. The summed E-state index contributed by atoms with van der Waals surface area (Å²) in [6.07, 6.45) is 0.832. The fourth-order valence-electron chi connectivity index (χ4n) is 3.47. The highest BCUT2D eigenvalue weighted by atomic mass is 16.2. The van der Waals surface area contributed by atoms with E-state index in [1.54, 1.807) is 43.4 Å². The Morgan fingerprint density at radius 3 is 2.71 bits per heavy atom. The lowest BCUT2D eigenvalue weighted by atomic mass is 10.1. The van der Waals surface area contributed by atoms with Gasteiger partial charge in [-0.15, -0.1) is 0 Å². The first-order valence-corrected chi connectivity index (χ1v) is 9.12. The number of rotatable bonds is 3. The quantitative estimate of drug-likeness (QED) is 0.655. The lowest BCUT2D eigenvalue weighted by molar-refractivity contribution is 0.0947. The van der Waals surface area contributed by atoms with Crippen LogP contribution in [0.1, 0.15) is 37.6 Å². The lowest BCUT2D eigenvalue weighted by Crippen LogP contribution is -2.22. The number of carbonyl (C=O) groups is 3. The van der Waals surface area contributed by atoms with Crippen molar-refractivity contribution in [3.05, 3.63) is 65.4 Å². The van der Waals surface area contributed by atoms with E-state index in [9.17, 15) is 14.4 Å². The SMILES string of the molecule is CNC(=O)c1ccccc1NC(=O)c1ccc2cc3n(c2c1)CCCNC3=O. The number of hydrogen-bond acceptors (Lipinski definition) is 3. The van der Waals surface area contributed by atoms with E-state index in [1.807, 2.05) is 16.7 Å². The molecular weight excluding hydrogens is 356 g/mol. The Hall–Kier alpha value is -3.61. The van der Waals surface area contributed by atoms with Crippen molar-refractivity contribution in [1.29, 1.82) is 0 Å². The predicted octanol–water partition coefficient (Wildman–Crippen LogP) is 2.39. The van der Waals surface area contributed by atoms with E-state index in [1.165, 1.54) is 0 Å². The highest BCUT2D eigenvalue weighted by Crippen LogP contribution is 2.24. The van der Waals surface area contributed by atoms with E-state index < -0.39 is 0 Å². The zero-order valence-corrected chi connectivity index (χ0v) is 15.4. The molecule has 4 rings (SSSR count). The number of hydrogen-bond donors (Lipinski definition) is 3. The molecule has 142 valence electrons. The second-order valence-electron chi connectivity index (χ2n) is 6.64. The summed E-state index contributed by atoms with van der Waals surface area (Å²) >= 11 is 0. The van der Waals surface area contributed by atoms with Gasteiger partial charge in [0.2, 0.25) is 0 Å².